The van der Waals surface area contributed by atoms with E-state index in [0.717, 1.165) is 12.1 Å². The molecule has 6 nitrogen and oxygen atoms in total. The molecule has 1 aromatic rings. The third kappa shape index (κ3) is 5.23. The number of hydrogen-bond acceptors (Lipinski definition) is 4. The van der Waals surface area contributed by atoms with Crippen LogP contribution >= 0.6 is 0 Å². The highest BCUT2D eigenvalue weighted by Crippen LogP contribution is 2.37. The molecule has 1 fully saturated rings. The summed E-state index contributed by atoms with van der Waals surface area (Å²) in [5, 5.41) is 23.7. The van der Waals surface area contributed by atoms with Crippen molar-refractivity contribution in [1.82, 2.24) is 10.6 Å². The van der Waals surface area contributed by atoms with E-state index in [9.17, 15) is 32.8 Å². The van der Waals surface area contributed by atoms with Gasteiger partial charge in [-0.1, -0.05) is 26.0 Å². The van der Waals surface area contributed by atoms with Crippen LogP contribution < -0.4 is 10.6 Å². The van der Waals surface area contributed by atoms with Gasteiger partial charge >= 0.3 is 13.3 Å². The Kier molecular flexibility index (Phi) is 6.21. The molecule has 1 aliphatic carbocycles. The Labute approximate surface area is 155 Å². The molecule has 148 valence electrons. The second-order valence-corrected chi connectivity index (χ2v) is 7.20. The van der Waals surface area contributed by atoms with E-state index >= 15 is 0 Å². The van der Waals surface area contributed by atoms with Gasteiger partial charge in [0.15, 0.2) is 0 Å². The molecule has 0 heterocycles. The lowest BCUT2D eigenvalue weighted by Crippen LogP contribution is -2.55. The highest BCUT2D eigenvalue weighted by Gasteiger charge is 2.52. The molecule has 0 saturated heterocycles. The normalized spacial score (nSPS) is 16.6. The van der Waals surface area contributed by atoms with Crippen LogP contribution in [0.15, 0.2) is 24.3 Å². The molecule has 27 heavy (non-hydrogen) atoms. The number of benzene rings is 1. The Hall–Kier alpha value is -2.07. The summed E-state index contributed by atoms with van der Waals surface area (Å²) in [4.78, 5) is 24.9. The van der Waals surface area contributed by atoms with Gasteiger partial charge in [0.2, 0.25) is 5.91 Å². The van der Waals surface area contributed by atoms with Crippen LogP contribution in [-0.4, -0.2) is 40.5 Å². The van der Waals surface area contributed by atoms with Gasteiger partial charge in [0.1, 0.15) is 5.54 Å². The maximum absolute atomic E-state index is 13.1. The average molecular weight is 386 g/mol. The Morgan fingerprint density at radius 3 is 2.30 bits per heavy atom. The number of amides is 2. The van der Waals surface area contributed by atoms with E-state index in [-0.39, 0.29) is 18.8 Å². The Morgan fingerprint density at radius 2 is 1.81 bits per heavy atom. The van der Waals surface area contributed by atoms with Gasteiger partial charge in [-0.3, -0.25) is 9.59 Å². The first-order valence-electron chi connectivity index (χ1n) is 8.62. The first-order chi connectivity index (χ1) is 12.5. The zero-order chi connectivity index (χ0) is 20.4. The summed E-state index contributed by atoms with van der Waals surface area (Å²) < 4.78 is 39.2. The molecule has 1 saturated carbocycles. The zero-order valence-electron chi connectivity index (χ0n) is 15.0. The van der Waals surface area contributed by atoms with Gasteiger partial charge in [-0.2, -0.15) is 13.2 Å². The number of carbonyl (C=O) groups excluding carboxylic acids is 2. The Bertz CT molecular complexity index is 706. The van der Waals surface area contributed by atoms with E-state index in [1.165, 1.54) is 12.1 Å². The van der Waals surface area contributed by atoms with Crippen LogP contribution in [0, 0.1) is 5.92 Å². The molecule has 0 bridgehead atoms. The number of hydrogen-bond donors (Lipinski definition) is 4. The quantitative estimate of drug-likeness (QED) is 0.534. The summed E-state index contributed by atoms with van der Waals surface area (Å²) in [6, 6.07) is 4.34. The fourth-order valence-corrected chi connectivity index (χ4v) is 2.82. The number of alkyl halides is 3. The van der Waals surface area contributed by atoms with Gasteiger partial charge in [-0.05, 0) is 37.3 Å². The molecule has 4 N–H and O–H groups in total. The van der Waals surface area contributed by atoms with E-state index in [2.05, 4.69) is 10.6 Å². The number of carbonyl (C=O) groups is 2. The second-order valence-electron chi connectivity index (χ2n) is 7.20. The van der Waals surface area contributed by atoms with Crippen LogP contribution in [-0.2, 0) is 11.0 Å². The van der Waals surface area contributed by atoms with Crippen molar-refractivity contribution in [1.29, 1.82) is 0 Å². The van der Waals surface area contributed by atoms with Crippen LogP contribution in [0.4, 0.5) is 13.2 Å². The lowest BCUT2D eigenvalue weighted by molar-refractivity contribution is -0.137. The van der Waals surface area contributed by atoms with Crippen LogP contribution in [0.3, 0.4) is 0 Å². The van der Waals surface area contributed by atoms with Gasteiger partial charge in [0.05, 0.1) is 17.1 Å². The van der Waals surface area contributed by atoms with Crippen LogP contribution in [0.25, 0.3) is 0 Å². The second kappa shape index (κ2) is 7.89. The van der Waals surface area contributed by atoms with Crippen molar-refractivity contribution < 1.29 is 32.8 Å². The van der Waals surface area contributed by atoms with E-state index in [4.69, 9.17) is 0 Å². The average Bonchev–Trinajstić information content (AvgIpc) is 3.33. The first kappa shape index (κ1) is 21.2. The topological polar surface area (TPSA) is 98.7 Å². The Morgan fingerprint density at radius 1 is 1.22 bits per heavy atom. The molecule has 1 atom stereocenters. The highest BCUT2D eigenvalue weighted by molar-refractivity contribution is 6.43. The molecule has 2 rings (SSSR count). The minimum absolute atomic E-state index is 0.0699. The predicted molar refractivity (Wildman–Crippen MR) is 92.5 cm³/mol. The standard InChI is InChI=1S/C17H22BF3N2O4/c1-10(2)9-13(18(26)27)22-15(25)16(7-8-16)23-14(24)11-5-3-4-6-12(11)17(19,20)21/h3-6,10,13,26-27H,7-9H2,1-2H3,(H,22,25)(H,23,24). The van der Waals surface area contributed by atoms with Gasteiger partial charge in [0.25, 0.3) is 5.91 Å². The van der Waals surface area contributed by atoms with Crippen LogP contribution in [0.2, 0.25) is 0 Å². The lowest BCUT2D eigenvalue weighted by atomic mass is 9.75. The summed E-state index contributed by atoms with van der Waals surface area (Å²) in [6.07, 6.45) is -3.88. The summed E-state index contributed by atoms with van der Waals surface area (Å²) in [5.74, 6) is -2.51. The van der Waals surface area contributed by atoms with Crippen molar-refractivity contribution in [2.24, 2.45) is 5.92 Å². The summed E-state index contributed by atoms with van der Waals surface area (Å²) in [7, 11) is -1.78. The van der Waals surface area contributed by atoms with Gasteiger partial charge < -0.3 is 20.7 Å². The van der Waals surface area contributed by atoms with Gasteiger partial charge in [0, 0.05) is 0 Å². The highest BCUT2D eigenvalue weighted by atomic mass is 19.4. The van der Waals surface area contributed by atoms with E-state index in [1.807, 2.05) is 13.8 Å². The fourth-order valence-electron chi connectivity index (χ4n) is 2.82. The molecule has 1 aromatic carbocycles. The van der Waals surface area contributed by atoms with Crippen LogP contribution in [0.5, 0.6) is 0 Å². The number of halogens is 3. The number of nitrogens with one attached hydrogen (secondary N) is 2. The largest absolute Gasteiger partial charge is 0.475 e. The summed E-state index contributed by atoms with van der Waals surface area (Å²) >= 11 is 0. The van der Waals surface area contributed by atoms with E-state index < -0.39 is 47.7 Å². The zero-order valence-corrected chi connectivity index (χ0v) is 15.0. The SMILES string of the molecule is CC(C)CC(NC(=O)C1(NC(=O)c2ccccc2C(F)(F)F)CC1)B(O)O. The minimum atomic E-state index is -4.70. The summed E-state index contributed by atoms with van der Waals surface area (Å²) in [6.45, 7) is 3.68. The molecule has 0 aliphatic heterocycles. The summed E-state index contributed by atoms with van der Waals surface area (Å²) in [5.41, 5.74) is -2.98. The molecule has 0 aromatic heterocycles. The van der Waals surface area contributed by atoms with Crippen molar-refractivity contribution in [2.75, 3.05) is 0 Å². The van der Waals surface area contributed by atoms with Gasteiger partial charge in [-0.15, -0.1) is 0 Å². The molecule has 10 heteroatoms. The maximum atomic E-state index is 13.1. The van der Waals surface area contributed by atoms with E-state index in [1.54, 1.807) is 0 Å². The van der Waals surface area contributed by atoms with Crippen molar-refractivity contribution in [3.05, 3.63) is 35.4 Å². The van der Waals surface area contributed by atoms with Crippen molar-refractivity contribution >= 4 is 18.9 Å². The van der Waals surface area contributed by atoms with E-state index in [0.29, 0.717) is 6.42 Å². The molecular weight excluding hydrogens is 364 g/mol. The third-order valence-electron chi connectivity index (χ3n) is 4.42. The monoisotopic (exact) mass is 386 g/mol. The molecule has 0 radical (unpaired) electrons. The number of rotatable bonds is 7. The fraction of sp³-hybridized carbons (Fsp3) is 0.529. The molecule has 1 unspecified atom stereocenters. The van der Waals surface area contributed by atoms with Crippen molar-refractivity contribution in [3.8, 4) is 0 Å². The first-order valence-corrected chi connectivity index (χ1v) is 8.62. The smallest absolute Gasteiger partial charge is 0.426 e. The molecule has 2 amide bonds. The molecule has 1 aliphatic rings. The molecule has 0 spiro atoms. The molecular formula is C17H22BF3N2O4. The van der Waals surface area contributed by atoms with Crippen molar-refractivity contribution in [3.63, 3.8) is 0 Å². The minimum Gasteiger partial charge on any atom is -0.426 e. The predicted octanol–water partition coefficient (Wildman–Crippen LogP) is 1.51. The Balaban J connectivity index is 2.13. The third-order valence-corrected chi connectivity index (χ3v) is 4.42. The van der Waals surface area contributed by atoms with Gasteiger partial charge in [-0.25, -0.2) is 0 Å². The lowest BCUT2D eigenvalue weighted by Gasteiger charge is -2.24. The van der Waals surface area contributed by atoms with Crippen molar-refractivity contribution in [2.45, 2.75) is 50.8 Å². The van der Waals surface area contributed by atoms with Crippen LogP contribution in [0.1, 0.15) is 49.0 Å². The maximum Gasteiger partial charge on any atom is 0.475 e.